The molecule has 0 saturated carbocycles. The maximum absolute atomic E-state index is 12.9. The number of hydrogen-bond donors (Lipinski definition) is 1. The second kappa shape index (κ2) is 10.9. The summed E-state index contributed by atoms with van der Waals surface area (Å²) in [6.07, 6.45) is 0.805. The fraction of sp³-hybridized carbons (Fsp3) is 0.333. The second-order valence-electron chi connectivity index (χ2n) is 6.29. The second-order valence-corrected chi connectivity index (χ2v) is 7.10. The number of ether oxygens (including phenoxy) is 1. The molecule has 2 aromatic rings. The third kappa shape index (κ3) is 6.14. The molecule has 2 amide bonds. The number of nitrogens with one attached hydrogen (secondary N) is 1. The van der Waals surface area contributed by atoms with E-state index >= 15 is 0 Å². The van der Waals surface area contributed by atoms with Crippen LogP contribution in [0.25, 0.3) is 0 Å². The normalized spacial score (nSPS) is 11.6. The van der Waals surface area contributed by atoms with Gasteiger partial charge in [0, 0.05) is 28.7 Å². The Balaban J connectivity index is 2.19. The van der Waals surface area contributed by atoms with Crippen molar-refractivity contribution in [2.45, 2.75) is 32.9 Å². The monoisotopic (exact) mass is 422 g/mol. The molecular formula is C21H24Cl2N2O3. The first-order valence-electron chi connectivity index (χ1n) is 9.12. The summed E-state index contributed by atoms with van der Waals surface area (Å²) < 4.78 is 5.57. The number of carbonyl (C=O) groups excluding carboxylic acids is 2. The molecule has 0 aliphatic carbocycles. The van der Waals surface area contributed by atoms with Gasteiger partial charge in [0.25, 0.3) is 5.91 Å². The average Bonchev–Trinajstić information content (AvgIpc) is 2.70. The maximum Gasteiger partial charge on any atom is 0.261 e. The van der Waals surface area contributed by atoms with Gasteiger partial charge in [-0.2, -0.15) is 0 Å². The lowest BCUT2D eigenvalue weighted by Gasteiger charge is -2.29. The molecule has 28 heavy (non-hydrogen) atoms. The van der Waals surface area contributed by atoms with Crippen LogP contribution in [0.15, 0.2) is 48.5 Å². The summed E-state index contributed by atoms with van der Waals surface area (Å²) in [4.78, 5) is 26.8. The van der Waals surface area contributed by atoms with Crippen LogP contribution in [0.3, 0.4) is 0 Å². The molecule has 0 fully saturated rings. The van der Waals surface area contributed by atoms with Crippen LogP contribution in [0, 0.1) is 0 Å². The lowest BCUT2D eigenvalue weighted by Crippen LogP contribution is -2.49. The lowest BCUT2D eigenvalue weighted by atomic mass is 10.1. The van der Waals surface area contributed by atoms with Crippen LogP contribution in [0.4, 0.5) is 0 Å². The van der Waals surface area contributed by atoms with Crippen molar-refractivity contribution in [2.75, 3.05) is 13.2 Å². The highest BCUT2D eigenvalue weighted by molar-refractivity contribution is 6.36. The minimum atomic E-state index is -0.703. The van der Waals surface area contributed by atoms with E-state index in [-0.39, 0.29) is 25.0 Å². The Morgan fingerprint density at radius 1 is 1.07 bits per heavy atom. The molecule has 0 spiro atoms. The van der Waals surface area contributed by atoms with E-state index in [1.807, 2.05) is 25.1 Å². The number of para-hydroxylation sites is 1. The number of carbonyl (C=O) groups is 2. The summed E-state index contributed by atoms with van der Waals surface area (Å²) in [5.74, 6) is 0.00624. The highest BCUT2D eigenvalue weighted by Crippen LogP contribution is 2.26. The van der Waals surface area contributed by atoms with E-state index in [9.17, 15) is 9.59 Å². The summed E-state index contributed by atoms with van der Waals surface area (Å²) in [6.45, 7) is 4.09. The van der Waals surface area contributed by atoms with E-state index < -0.39 is 6.04 Å². The smallest absolute Gasteiger partial charge is 0.261 e. The van der Waals surface area contributed by atoms with Crippen molar-refractivity contribution >= 4 is 35.0 Å². The van der Waals surface area contributed by atoms with Gasteiger partial charge in [0.05, 0.1) is 0 Å². The largest absolute Gasteiger partial charge is 0.484 e. The van der Waals surface area contributed by atoms with Crippen LogP contribution in [0.2, 0.25) is 10.0 Å². The van der Waals surface area contributed by atoms with Gasteiger partial charge in [-0.15, -0.1) is 0 Å². The Morgan fingerprint density at radius 3 is 2.32 bits per heavy atom. The van der Waals surface area contributed by atoms with E-state index in [0.717, 1.165) is 6.42 Å². The van der Waals surface area contributed by atoms with E-state index in [0.29, 0.717) is 27.9 Å². The topological polar surface area (TPSA) is 58.6 Å². The standard InChI is InChI=1S/C21H24Cl2N2O3/c1-3-12-24-21(27)15(2)25(13-17-18(22)10-7-11-19(17)23)20(26)14-28-16-8-5-4-6-9-16/h4-11,15H,3,12-14H2,1-2H3,(H,24,27)/t15-/m1/s1. The maximum atomic E-state index is 12.9. The number of hydrogen-bond acceptors (Lipinski definition) is 3. The number of benzene rings is 2. The molecule has 0 aliphatic heterocycles. The van der Waals surface area contributed by atoms with E-state index in [4.69, 9.17) is 27.9 Å². The first-order chi connectivity index (χ1) is 13.4. The lowest BCUT2D eigenvalue weighted by molar-refractivity contribution is -0.142. The van der Waals surface area contributed by atoms with Gasteiger partial charge in [-0.3, -0.25) is 9.59 Å². The van der Waals surface area contributed by atoms with Crippen LogP contribution < -0.4 is 10.1 Å². The van der Waals surface area contributed by atoms with Crippen LogP contribution in [-0.2, 0) is 16.1 Å². The van der Waals surface area contributed by atoms with Crippen LogP contribution in [0.1, 0.15) is 25.8 Å². The Morgan fingerprint density at radius 2 is 1.71 bits per heavy atom. The predicted octanol–water partition coefficient (Wildman–Crippen LogP) is 4.32. The summed E-state index contributed by atoms with van der Waals surface area (Å²) in [5.41, 5.74) is 0.592. The molecule has 0 heterocycles. The summed E-state index contributed by atoms with van der Waals surface area (Å²) in [6, 6.07) is 13.5. The van der Waals surface area contributed by atoms with Crippen molar-refractivity contribution in [3.05, 3.63) is 64.1 Å². The van der Waals surface area contributed by atoms with Gasteiger partial charge in [0.15, 0.2) is 6.61 Å². The zero-order valence-electron chi connectivity index (χ0n) is 16.0. The Hall–Kier alpha value is -2.24. The Kier molecular flexibility index (Phi) is 8.61. The van der Waals surface area contributed by atoms with Gasteiger partial charge in [0.1, 0.15) is 11.8 Å². The number of amides is 2. The third-order valence-corrected chi connectivity index (χ3v) is 4.92. The number of rotatable bonds is 9. The molecule has 2 aromatic carbocycles. The summed E-state index contributed by atoms with van der Waals surface area (Å²) >= 11 is 12.5. The van der Waals surface area contributed by atoms with Gasteiger partial charge >= 0.3 is 0 Å². The van der Waals surface area contributed by atoms with Crippen molar-refractivity contribution < 1.29 is 14.3 Å². The molecule has 1 N–H and O–H groups in total. The molecule has 0 aliphatic rings. The molecule has 2 rings (SSSR count). The molecule has 150 valence electrons. The molecule has 0 saturated heterocycles. The SMILES string of the molecule is CCCNC(=O)[C@@H](C)N(Cc1c(Cl)cccc1Cl)C(=O)COc1ccccc1. The van der Waals surface area contributed by atoms with E-state index in [1.165, 1.54) is 4.90 Å². The van der Waals surface area contributed by atoms with Crippen molar-refractivity contribution in [1.29, 1.82) is 0 Å². The third-order valence-electron chi connectivity index (χ3n) is 4.21. The molecule has 5 nitrogen and oxygen atoms in total. The van der Waals surface area contributed by atoms with Crippen LogP contribution >= 0.6 is 23.2 Å². The molecule has 1 atom stereocenters. The molecular weight excluding hydrogens is 399 g/mol. The van der Waals surface area contributed by atoms with Crippen molar-refractivity contribution in [3.8, 4) is 5.75 Å². The number of nitrogens with zero attached hydrogens (tertiary/aromatic N) is 1. The zero-order chi connectivity index (χ0) is 20.5. The fourth-order valence-electron chi connectivity index (χ4n) is 2.58. The molecule has 0 aromatic heterocycles. The van der Waals surface area contributed by atoms with Gasteiger partial charge < -0.3 is 15.0 Å². The summed E-state index contributed by atoms with van der Waals surface area (Å²) in [5, 5.41) is 3.70. The van der Waals surface area contributed by atoms with E-state index in [2.05, 4.69) is 5.32 Å². The predicted molar refractivity (Wildman–Crippen MR) is 112 cm³/mol. The highest BCUT2D eigenvalue weighted by Gasteiger charge is 2.27. The molecule has 0 bridgehead atoms. The van der Waals surface area contributed by atoms with Crippen LogP contribution in [-0.4, -0.2) is 35.9 Å². The Bertz CT molecular complexity index is 779. The van der Waals surface area contributed by atoms with Gasteiger partial charge in [-0.1, -0.05) is 54.4 Å². The van der Waals surface area contributed by atoms with Crippen molar-refractivity contribution in [3.63, 3.8) is 0 Å². The van der Waals surface area contributed by atoms with Crippen molar-refractivity contribution in [1.82, 2.24) is 10.2 Å². The number of halogens is 2. The van der Waals surface area contributed by atoms with Crippen molar-refractivity contribution in [2.24, 2.45) is 0 Å². The quantitative estimate of drug-likeness (QED) is 0.654. The van der Waals surface area contributed by atoms with E-state index in [1.54, 1.807) is 37.3 Å². The van der Waals surface area contributed by atoms with Gasteiger partial charge in [-0.05, 0) is 37.6 Å². The first-order valence-corrected chi connectivity index (χ1v) is 9.87. The average molecular weight is 423 g/mol. The minimum Gasteiger partial charge on any atom is -0.484 e. The van der Waals surface area contributed by atoms with Gasteiger partial charge in [0.2, 0.25) is 5.91 Å². The molecule has 7 heteroatoms. The molecule has 0 radical (unpaired) electrons. The highest BCUT2D eigenvalue weighted by atomic mass is 35.5. The molecule has 0 unspecified atom stereocenters. The first kappa shape index (κ1) is 22.1. The summed E-state index contributed by atoms with van der Waals surface area (Å²) in [7, 11) is 0. The van der Waals surface area contributed by atoms with Gasteiger partial charge in [-0.25, -0.2) is 0 Å². The minimum absolute atomic E-state index is 0.107. The van der Waals surface area contributed by atoms with Crippen LogP contribution in [0.5, 0.6) is 5.75 Å². The Labute approximate surface area is 175 Å². The zero-order valence-corrected chi connectivity index (χ0v) is 17.5. The fourth-order valence-corrected chi connectivity index (χ4v) is 3.09.